The van der Waals surface area contributed by atoms with E-state index in [2.05, 4.69) is 5.32 Å². The topological polar surface area (TPSA) is 106 Å². The van der Waals surface area contributed by atoms with Crippen LogP contribution in [0.4, 0.5) is 0 Å². The molecule has 1 heterocycles. The van der Waals surface area contributed by atoms with Crippen LogP contribution in [-0.4, -0.2) is 23.0 Å². The molecule has 6 nitrogen and oxygen atoms in total. The number of carbonyl (C=O) groups is 2. The fraction of sp³-hybridized carbons (Fsp3) is 0.455. The lowest BCUT2D eigenvalue weighted by molar-refractivity contribution is -0.118. The van der Waals surface area contributed by atoms with Crippen LogP contribution in [0.3, 0.4) is 0 Å². The lowest BCUT2D eigenvalue weighted by Gasteiger charge is -2.10. The summed E-state index contributed by atoms with van der Waals surface area (Å²) >= 11 is 0. The van der Waals surface area contributed by atoms with Crippen molar-refractivity contribution in [1.82, 2.24) is 5.32 Å². The largest absolute Gasteiger partial charge is 0.475 e. The van der Waals surface area contributed by atoms with Gasteiger partial charge in [0.2, 0.25) is 11.7 Å². The van der Waals surface area contributed by atoms with Crippen LogP contribution in [-0.2, 0) is 11.3 Å². The molecule has 0 aliphatic carbocycles. The van der Waals surface area contributed by atoms with Crippen molar-refractivity contribution in [3.63, 3.8) is 0 Å². The van der Waals surface area contributed by atoms with Crippen molar-refractivity contribution in [3.05, 3.63) is 23.2 Å². The highest BCUT2D eigenvalue weighted by Gasteiger charge is 2.13. The fourth-order valence-electron chi connectivity index (χ4n) is 1.46. The number of aryl methyl sites for hydroxylation is 1. The molecule has 0 aromatic carbocycles. The van der Waals surface area contributed by atoms with E-state index < -0.39 is 5.97 Å². The van der Waals surface area contributed by atoms with E-state index in [1.807, 2.05) is 6.92 Å². The summed E-state index contributed by atoms with van der Waals surface area (Å²) in [6.45, 7) is 3.97. The monoisotopic (exact) mass is 240 g/mol. The third kappa shape index (κ3) is 3.92. The highest BCUT2D eigenvalue weighted by molar-refractivity contribution is 5.84. The molecule has 4 N–H and O–H groups in total. The Bertz CT molecular complexity index is 425. The first-order chi connectivity index (χ1) is 7.90. The van der Waals surface area contributed by atoms with Crippen molar-refractivity contribution in [2.75, 3.05) is 0 Å². The average Bonchev–Trinajstić information content (AvgIpc) is 2.56. The van der Waals surface area contributed by atoms with Crippen molar-refractivity contribution in [3.8, 4) is 0 Å². The molecule has 1 aromatic heterocycles. The van der Waals surface area contributed by atoms with Crippen LogP contribution < -0.4 is 11.1 Å². The number of hydrogen-bond donors (Lipinski definition) is 3. The maximum Gasteiger partial charge on any atom is 0.371 e. The summed E-state index contributed by atoms with van der Waals surface area (Å²) < 4.78 is 5.06. The van der Waals surface area contributed by atoms with Crippen LogP contribution in [0.2, 0.25) is 0 Å². The first kappa shape index (κ1) is 13.2. The van der Waals surface area contributed by atoms with Crippen LogP contribution in [0.5, 0.6) is 0 Å². The van der Waals surface area contributed by atoms with Crippen molar-refractivity contribution < 1.29 is 19.1 Å². The van der Waals surface area contributed by atoms with Gasteiger partial charge in [0.05, 0.1) is 0 Å². The molecule has 0 fully saturated rings. The molecule has 6 heteroatoms. The SMILES string of the molecule is Cc1oc(C(=O)O)cc1CNC(C)CC(N)=O. The number of nitrogens with two attached hydrogens (primary N) is 1. The first-order valence-corrected chi connectivity index (χ1v) is 5.24. The number of furan rings is 1. The zero-order chi connectivity index (χ0) is 13.0. The molecule has 0 radical (unpaired) electrons. The van der Waals surface area contributed by atoms with Crippen molar-refractivity contribution in [1.29, 1.82) is 0 Å². The van der Waals surface area contributed by atoms with E-state index in [-0.39, 0.29) is 24.1 Å². The average molecular weight is 240 g/mol. The molecule has 0 saturated heterocycles. The molecule has 0 aliphatic rings. The van der Waals surface area contributed by atoms with Gasteiger partial charge in [-0.05, 0) is 19.9 Å². The predicted octanol–water partition coefficient (Wildman–Crippen LogP) is 0.640. The molecule has 1 rings (SSSR count). The number of amides is 1. The summed E-state index contributed by atoms with van der Waals surface area (Å²) in [6.07, 6.45) is 0.239. The Kier molecular flexibility index (Phi) is 4.28. The molecule has 1 unspecified atom stereocenters. The molecular weight excluding hydrogens is 224 g/mol. The molecule has 17 heavy (non-hydrogen) atoms. The van der Waals surface area contributed by atoms with Gasteiger partial charge in [-0.2, -0.15) is 0 Å². The summed E-state index contributed by atoms with van der Waals surface area (Å²) in [4.78, 5) is 21.3. The minimum absolute atomic E-state index is 0.0601. The molecule has 1 amide bonds. The molecule has 94 valence electrons. The Labute approximate surface area is 98.8 Å². The van der Waals surface area contributed by atoms with E-state index in [9.17, 15) is 9.59 Å². The number of carboxylic acids is 1. The van der Waals surface area contributed by atoms with Crippen molar-refractivity contribution in [2.45, 2.75) is 32.9 Å². The molecule has 1 aromatic rings. The molecular formula is C11H16N2O4. The van der Waals surface area contributed by atoms with E-state index in [1.54, 1.807) is 6.92 Å². The van der Waals surface area contributed by atoms with E-state index in [1.165, 1.54) is 6.07 Å². The maximum absolute atomic E-state index is 10.7. The number of nitrogens with one attached hydrogen (secondary N) is 1. The van der Waals surface area contributed by atoms with Gasteiger partial charge in [0.1, 0.15) is 5.76 Å². The third-order valence-corrected chi connectivity index (χ3v) is 2.38. The van der Waals surface area contributed by atoms with Gasteiger partial charge in [0, 0.05) is 24.6 Å². The van der Waals surface area contributed by atoms with Crippen molar-refractivity contribution in [2.24, 2.45) is 5.73 Å². The van der Waals surface area contributed by atoms with Gasteiger partial charge in [-0.3, -0.25) is 4.79 Å². The van der Waals surface area contributed by atoms with E-state index >= 15 is 0 Å². The maximum atomic E-state index is 10.7. The standard InChI is InChI=1S/C11H16N2O4/c1-6(3-10(12)14)13-5-8-4-9(11(15)16)17-7(8)2/h4,6,13H,3,5H2,1-2H3,(H2,12,14)(H,15,16). The first-order valence-electron chi connectivity index (χ1n) is 5.24. The summed E-state index contributed by atoms with van der Waals surface area (Å²) in [6, 6.07) is 1.41. The number of rotatable bonds is 6. The Morgan fingerprint density at radius 3 is 2.71 bits per heavy atom. The van der Waals surface area contributed by atoms with Gasteiger partial charge >= 0.3 is 5.97 Å². The van der Waals surface area contributed by atoms with Gasteiger partial charge < -0.3 is 20.6 Å². The van der Waals surface area contributed by atoms with E-state index in [0.29, 0.717) is 12.3 Å². The number of carbonyl (C=O) groups excluding carboxylic acids is 1. The lowest BCUT2D eigenvalue weighted by atomic mass is 10.2. The minimum Gasteiger partial charge on any atom is -0.475 e. The van der Waals surface area contributed by atoms with Gasteiger partial charge in [-0.1, -0.05) is 0 Å². The van der Waals surface area contributed by atoms with Gasteiger partial charge in [-0.15, -0.1) is 0 Å². The second-order valence-corrected chi connectivity index (χ2v) is 3.95. The lowest BCUT2D eigenvalue weighted by Crippen LogP contribution is -2.30. The van der Waals surface area contributed by atoms with Crippen LogP contribution in [0.1, 0.15) is 35.2 Å². The summed E-state index contributed by atoms with van der Waals surface area (Å²) in [5, 5.41) is 11.8. The fourth-order valence-corrected chi connectivity index (χ4v) is 1.46. The second kappa shape index (κ2) is 5.49. The zero-order valence-electron chi connectivity index (χ0n) is 9.82. The zero-order valence-corrected chi connectivity index (χ0v) is 9.82. The number of hydrogen-bond acceptors (Lipinski definition) is 4. The second-order valence-electron chi connectivity index (χ2n) is 3.95. The predicted molar refractivity (Wildman–Crippen MR) is 60.5 cm³/mol. The summed E-state index contributed by atoms with van der Waals surface area (Å²) in [7, 11) is 0. The Hall–Kier alpha value is -1.82. The smallest absolute Gasteiger partial charge is 0.371 e. The Morgan fingerprint density at radius 2 is 2.24 bits per heavy atom. The minimum atomic E-state index is -1.09. The van der Waals surface area contributed by atoms with E-state index in [4.69, 9.17) is 15.3 Å². The molecule has 0 aliphatic heterocycles. The summed E-state index contributed by atoms with van der Waals surface area (Å²) in [5.74, 6) is -0.993. The molecule has 0 bridgehead atoms. The highest BCUT2D eigenvalue weighted by atomic mass is 16.4. The normalized spacial score (nSPS) is 12.4. The number of carboxylic acid groups (broad SMARTS) is 1. The van der Waals surface area contributed by atoms with Crippen LogP contribution >= 0.6 is 0 Å². The van der Waals surface area contributed by atoms with E-state index in [0.717, 1.165) is 5.56 Å². The van der Waals surface area contributed by atoms with Gasteiger partial charge in [-0.25, -0.2) is 4.79 Å². The van der Waals surface area contributed by atoms with Crippen LogP contribution in [0.25, 0.3) is 0 Å². The Balaban J connectivity index is 2.57. The molecule has 0 saturated carbocycles. The summed E-state index contributed by atoms with van der Waals surface area (Å²) in [5.41, 5.74) is 5.82. The van der Waals surface area contributed by atoms with Gasteiger partial charge in [0.25, 0.3) is 0 Å². The molecule has 1 atom stereocenters. The number of aromatic carboxylic acids is 1. The highest BCUT2D eigenvalue weighted by Crippen LogP contribution is 2.14. The quantitative estimate of drug-likeness (QED) is 0.676. The van der Waals surface area contributed by atoms with Gasteiger partial charge in [0.15, 0.2) is 0 Å². The van der Waals surface area contributed by atoms with Crippen LogP contribution in [0.15, 0.2) is 10.5 Å². The third-order valence-electron chi connectivity index (χ3n) is 2.38. The number of primary amides is 1. The Morgan fingerprint density at radius 1 is 1.59 bits per heavy atom. The molecule has 0 spiro atoms. The van der Waals surface area contributed by atoms with Crippen molar-refractivity contribution >= 4 is 11.9 Å². The van der Waals surface area contributed by atoms with Crippen LogP contribution in [0, 0.1) is 6.92 Å².